The van der Waals surface area contributed by atoms with Gasteiger partial charge in [-0.2, -0.15) is 0 Å². The van der Waals surface area contributed by atoms with E-state index in [1.165, 1.54) is 6.07 Å². The van der Waals surface area contributed by atoms with Crippen molar-refractivity contribution in [1.82, 2.24) is 14.6 Å². The molecule has 1 fully saturated rings. The number of alkyl halides is 1. The van der Waals surface area contributed by atoms with Crippen LogP contribution in [0.15, 0.2) is 12.1 Å². The van der Waals surface area contributed by atoms with E-state index >= 15 is 0 Å². The van der Waals surface area contributed by atoms with E-state index in [1.54, 1.807) is 4.68 Å². The van der Waals surface area contributed by atoms with Gasteiger partial charge in [-0.25, -0.2) is 18.4 Å². The standard InChI is InChI=1S/C13H15ClF2N4/c1-18-2-4-19(5-3-18)20-11-7-9(15)6-10(16)13(11)17-12(20)8-14/h6-7H,2-5,8H2,1H3. The van der Waals surface area contributed by atoms with Gasteiger partial charge in [0.15, 0.2) is 5.82 Å². The first-order valence-electron chi connectivity index (χ1n) is 6.46. The van der Waals surface area contributed by atoms with Crippen molar-refractivity contribution in [3.05, 3.63) is 29.6 Å². The summed E-state index contributed by atoms with van der Waals surface area (Å²) >= 11 is 5.91. The second kappa shape index (κ2) is 5.18. The van der Waals surface area contributed by atoms with Gasteiger partial charge in [-0.15, -0.1) is 11.6 Å². The Bertz CT molecular complexity index is 635. The maximum absolute atomic E-state index is 13.8. The summed E-state index contributed by atoms with van der Waals surface area (Å²) in [5.41, 5.74) is 0.601. The zero-order valence-electron chi connectivity index (χ0n) is 11.1. The highest BCUT2D eigenvalue weighted by molar-refractivity contribution is 6.16. The summed E-state index contributed by atoms with van der Waals surface area (Å²) in [5, 5.41) is 2.03. The summed E-state index contributed by atoms with van der Waals surface area (Å²) in [6.45, 7) is 3.31. The summed E-state index contributed by atoms with van der Waals surface area (Å²) in [6, 6.07) is 2.15. The van der Waals surface area contributed by atoms with Crippen LogP contribution in [0.1, 0.15) is 5.82 Å². The Balaban J connectivity index is 2.12. The van der Waals surface area contributed by atoms with Gasteiger partial charge in [0.1, 0.15) is 17.2 Å². The van der Waals surface area contributed by atoms with Crippen LogP contribution in [0.5, 0.6) is 0 Å². The monoisotopic (exact) mass is 300 g/mol. The molecular weight excluding hydrogens is 286 g/mol. The van der Waals surface area contributed by atoms with Crippen molar-refractivity contribution in [3.8, 4) is 0 Å². The minimum Gasteiger partial charge on any atom is -0.308 e. The molecule has 0 amide bonds. The lowest BCUT2D eigenvalue weighted by molar-refractivity contribution is 0.288. The van der Waals surface area contributed by atoms with Gasteiger partial charge in [-0.05, 0) is 7.05 Å². The molecule has 3 rings (SSSR count). The first kappa shape index (κ1) is 13.6. The number of likely N-dealkylation sites (N-methyl/N-ethyl adjacent to an activating group) is 1. The van der Waals surface area contributed by atoms with Gasteiger partial charge in [-0.1, -0.05) is 0 Å². The van der Waals surface area contributed by atoms with E-state index < -0.39 is 11.6 Å². The number of rotatable bonds is 2. The first-order valence-corrected chi connectivity index (χ1v) is 6.99. The van der Waals surface area contributed by atoms with Crippen molar-refractivity contribution < 1.29 is 8.78 Å². The molecule has 0 unspecified atom stereocenters. The predicted molar refractivity (Wildman–Crippen MR) is 74.7 cm³/mol. The molecule has 7 heteroatoms. The van der Waals surface area contributed by atoms with Crippen molar-refractivity contribution in [2.75, 3.05) is 38.2 Å². The molecule has 2 heterocycles. The molecule has 1 aliphatic rings. The fourth-order valence-electron chi connectivity index (χ4n) is 2.54. The summed E-state index contributed by atoms with van der Waals surface area (Å²) < 4.78 is 29.1. The second-order valence-electron chi connectivity index (χ2n) is 4.99. The van der Waals surface area contributed by atoms with E-state index in [1.807, 2.05) is 12.1 Å². The average molecular weight is 301 g/mol. The van der Waals surface area contributed by atoms with Crippen LogP contribution < -0.4 is 5.01 Å². The van der Waals surface area contributed by atoms with Gasteiger partial charge in [0.05, 0.1) is 11.4 Å². The largest absolute Gasteiger partial charge is 0.308 e. The van der Waals surface area contributed by atoms with Crippen LogP contribution in [-0.2, 0) is 5.88 Å². The Hall–Kier alpha value is -1.40. The van der Waals surface area contributed by atoms with Gasteiger partial charge in [0.2, 0.25) is 0 Å². The van der Waals surface area contributed by atoms with Crippen molar-refractivity contribution in [2.24, 2.45) is 0 Å². The fraction of sp³-hybridized carbons (Fsp3) is 0.462. The molecule has 1 aliphatic heterocycles. The van der Waals surface area contributed by atoms with Crippen molar-refractivity contribution >= 4 is 22.6 Å². The predicted octanol–water partition coefficient (Wildman–Crippen LogP) is 1.94. The minimum absolute atomic E-state index is 0.155. The lowest BCUT2D eigenvalue weighted by Crippen LogP contribution is -2.50. The topological polar surface area (TPSA) is 24.3 Å². The highest BCUT2D eigenvalue weighted by Crippen LogP contribution is 2.22. The Morgan fingerprint density at radius 1 is 1.20 bits per heavy atom. The Labute approximate surface area is 120 Å². The lowest BCUT2D eigenvalue weighted by Gasteiger charge is -2.35. The number of hydrogen-bond acceptors (Lipinski definition) is 3. The van der Waals surface area contributed by atoms with E-state index in [-0.39, 0.29) is 11.4 Å². The zero-order valence-corrected chi connectivity index (χ0v) is 11.9. The number of piperazine rings is 1. The Morgan fingerprint density at radius 3 is 2.55 bits per heavy atom. The van der Waals surface area contributed by atoms with E-state index in [2.05, 4.69) is 9.88 Å². The minimum atomic E-state index is -0.653. The van der Waals surface area contributed by atoms with E-state index in [4.69, 9.17) is 11.6 Å². The molecule has 1 saturated heterocycles. The number of halogens is 3. The third kappa shape index (κ3) is 2.23. The van der Waals surface area contributed by atoms with Gasteiger partial charge in [0, 0.05) is 38.3 Å². The maximum atomic E-state index is 13.8. The zero-order chi connectivity index (χ0) is 14.3. The number of nitrogens with zero attached hydrogens (tertiary/aromatic N) is 4. The summed E-state index contributed by atoms with van der Waals surface area (Å²) in [7, 11) is 2.05. The van der Waals surface area contributed by atoms with Crippen LogP contribution in [0.2, 0.25) is 0 Å². The first-order chi connectivity index (χ1) is 9.60. The second-order valence-corrected chi connectivity index (χ2v) is 5.25. The number of fused-ring (bicyclic) bond motifs is 1. The molecule has 108 valence electrons. The highest BCUT2D eigenvalue weighted by Gasteiger charge is 2.21. The number of imidazole rings is 1. The molecule has 0 saturated carbocycles. The molecule has 0 N–H and O–H groups in total. The molecular formula is C13H15ClF2N4. The third-order valence-corrected chi connectivity index (χ3v) is 3.84. The lowest BCUT2D eigenvalue weighted by atomic mass is 10.3. The Kier molecular flexibility index (Phi) is 3.52. The molecule has 1 aromatic carbocycles. The van der Waals surface area contributed by atoms with Crippen LogP contribution >= 0.6 is 11.6 Å². The molecule has 0 radical (unpaired) electrons. The smallest absolute Gasteiger partial charge is 0.154 e. The van der Waals surface area contributed by atoms with E-state index in [9.17, 15) is 8.78 Å². The molecule has 2 aromatic rings. The SMILES string of the molecule is CN1CCN(n2c(CCl)nc3c(F)cc(F)cc32)CC1. The van der Waals surface area contributed by atoms with E-state index in [0.717, 1.165) is 32.2 Å². The summed E-state index contributed by atoms with van der Waals surface area (Å²) in [6.07, 6.45) is 0. The van der Waals surface area contributed by atoms with Crippen LogP contribution in [-0.4, -0.2) is 47.8 Å². The molecule has 0 atom stereocenters. The maximum Gasteiger partial charge on any atom is 0.154 e. The number of aromatic nitrogens is 2. The van der Waals surface area contributed by atoms with Crippen LogP contribution in [0.4, 0.5) is 8.78 Å². The van der Waals surface area contributed by atoms with E-state index in [0.29, 0.717) is 11.3 Å². The molecule has 0 aliphatic carbocycles. The van der Waals surface area contributed by atoms with Crippen LogP contribution in [0, 0.1) is 11.6 Å². The third-order valence-electron chi connectivity index (χ3n) is 3.60. The normalized spacial score (nSPS) is 17.1. The molecule has 4 nitrogen and oxygen atoms in total. The van der Waals surface area contributed by atoms with Gasteiger partial charge in [0.25, 0.3) is 0 Å². The van der Waals surface area contributed by atoms with Crippen LogP contribution in [0.3, 0.4) is 0 Å². The molecule has 1 aromatic heterocycles. The number of benzene rings is 1. The molecule has 0 bridgehead atoms. The molecule has 20 heavy (non-hydrogen) atoms. The van der Waals surface area contributed by atoms with Crippen molar-refractivity contribution in [2.45, 2.75) is 5.88 Å². The molecule has 0 spiro atoms. The average Bonchev–Trinajstić information content (AvgIpc) is 2.78. The fourth-order valence-corrected chi connectivity index (χ4v) is 2.71. The van der Waals surface area contributed by atoms with Crippen molar-refractivity contribution in [3.63, 3.8) is 0 Å². The number of hydrogen-bond donors (Lipinski definition) is 0. The van der Waals surface area contributed by atoms with Crippen LogP contribution in [0.25, 0.3) is 11.0 Å². The van der Waals surface area contributed by atoms with Crippen molar-refractivity contribution in [1.29, 1.82) is 0 Å². The van der Waals surface area contributed by atoms with Gasteiger partial charge >= 0.3 is 0 Å². The summed E-state index contributed by atoms with van der Waals surface area (Å²) in [4.78, 5) is 6.41. The highest BCUT2D eigenvalue weighted by atomic mass is 35.5. The van der Waals surface area contributed by atoms with Gasteiger partial charge in [-0.3, -0.25) is 0 Å². The van der Waals surface area contributed by atoms with Gasteiger partial charge < -0.3 is 9.91 Å². The quantitative estimate of drug-likeness (QED) is 0.792. The Morgan fingerprint density at radius 2 is 1.90 bits per heavy atom. The summed E-state index contributed by atoms with van der Waals surface area (Å²) in [5.74, 6) is -0.566.